The molecule has 1 aliphatic rings. The molecule has 1 heterocycles. The molecular weight excluding hydrogens is 336 g/mol. The van der Waals surface area contributed by atoms with E-state index in [0.29, 0.717) is 18.8 Å². The molecule has 0 spiro atoms. The molecule has 4 rings (SSSR count). The molecule has 0 radical (unpaired) electrons. The van der Waals surface area contributed by atoms with E-state index >= 15 is 0 Å². The molecule has 0 aromatic heterocycles. The van der Waals surface area contributed by atoms with Crippen molar-refractivity contribution in [1.29, 1.82) is 0 Å². The maximum atomic E-state index is 10.3. The van der Waals surface area contributed by atoms with Crippen molar-refractivity contribution >= 4 is 5.97 Å². The third-order valence-electron chi connectivity index (χ3n) is 4.57. The Morgan fingerprint density at radius 3 is 1.44 bits per heavy atom. The first-order valence-electron chi connectivity index (χ1n) is 9.23. The van der Waals surface area contributed by atoms with Crippen LogP contribution in [0.15, 0.2) is 91.0 Å². The van der Waals surface area contributed by atoms with Crippen LogP contribution in [0.1, 0.15) is 35.4 Å². The maximum Gasteiger partial charge on any atom is 0.306 e. The van der Waals surface area contributed by atoms with Gasteiger partial charge in [0.15, 0.2) is 0 Å². The topological polar surface area (TPSA) is 46.5 Å². The van der Waals surface area contributed by atoms with Gasteiger partial charge in [0, 0.05) is 12.3 Å². The molecule has 0 unspecified atom stereocenters. The highest BCUT2D eigenvalue weighted by Crippen LogP contribution is 2.31. The lowest BCUT2D eigenvalue weighted by Gasteiger charge is -2.18. The van der Waals surface area contributed by atoms with E-state index in [2.05, 4.69) is 95.7 Å². The van der Waals surface area contributed by atoms with E-state index in [1.807, 2.05) is 0 Å². The lowest BCUT2D eigenvalue weighted by atomic mass is 9.85. The lowest BCUT2D eigenvalue weighted by molar-refractivity contribution is -0.142. The Bertz CT molecular complexity index is 722. The summed E-state index contributed by atoms with van der Waals surface area (Å²) in [5.74, 6) is 0.118. The van der Waals surface area contributed by atoms with Crippen LogP contribution in [0.3, 0.4) is 0 Å². The number of esters is 1. The molecule has 0 saturated carbocycles. The fourth-order valence-electron chi connectivity index (χ4n) is 3.22. The average molecular weight is 360 g/mol. The highest BCUT2D eigenvalue weighted by atomic mass is 16.6. The van der Waals surface area contributed by atoms with Crippen LogP contribution in [0.2, 0.25) is 0 Å². The van der Waals surface area contributed by atoms with E-state index < -0.39 is 0 Å². The normalized spacial score (nSPS) is 15.8. The largest absolute Gasteiger partial charge is 0.460 e. The summed E-state index contributed by atoms with van der Waals surface area (Å²) in [5, 5.41) is 8.41. The van der Waals surface area contributed by atoms with Crippen molar-refractivity contribution in [3.8, 4) is 0 Å². The van der Waals surface area contributed by atoms with Crippen LogP contribution in [0.5, 0.6) is 0 Å². The summed E-state index contributed by atoms with van der Waals surface area (Å²) in [7, 11) is 0. The van der Waals surface area contributed by atoms with Crippen molar-refractivity contribution in [2.24, 2.45) is 0 Å². The Morgan fingerprint density at radius 2 is 1.19 bits per heavy atom. The van der Waals surface area contributed by atoms with Gasteiger partial charge in [-0.25, -0.2) is 0 Å². The molecule has 3 aromatic carbocycles. The van der Waals surface area contributed by atoms with Gasteiger partial charge in [0.2, 0.25) is 0 Å². The Hall–Kier alpha value is -2.91. The van der Waals surface area contributed by atoms with Gasteiger partial charge in [0.05, 0.1) is 6.61 Å². The molecule has 3 aromatic rings. The lowest BCUT2D eigenvalue weighted by Crippen LogP contribution is -2.10. The zero-order valence-corrected chi connectivity index (χ0v) is 15.2. The SMILES string of the molecule is O=C1CC[C@@H](CO)O1.c1ccc(C(c2ccccc2)c2ccccc2)cc1. The Balaban J connectivity index is 0.000000221. The van der Waals surface area contributed by atoms with Crippen molar-refractivity contribution in [2.45, 2.75) is 24.9 Å². The summed E-state index contributed by atoms with van der Waals surface area (Å²) in [6, 6.07) is 32.0. The second kappa shape index (κ2) is 9.70. The number of ether oxygens (including phenoxy) is 1. The highest BCUT2D eigenvalue weighted by molar-refractivity contribution is 5.71. The summed E-state index contributed by atoms with van der Waals surface area (Å²) in [6.45, 7) is -0.0360. The molecule has 3 heteroatoms. The van der Waals surface area contributed by atoms with Crippen molar-refractivity contribution < 1.29 is 14.6 Å². The first kappa shape index (κ1) is 18.9. The minimum Gasteiger partial charge on any atom is -0.460 e. The first-order chi connectivity index (χ1) is 13.3. The van der Waals surface area contributed by atoms with Crippen molar-refractivity contribution in [3.63, 3.8) is 0 Å². The maximum absolute atomic E-state index is 10.3. The van der Waals surface area contributed by atoms with E-state index in [0.717, 1.165) is 0 Å². The van der Waals surface area contributed by atoms with E-state index in [9.17, 15) is 4.79 Å². The van der Waals surface area contributed by atoms with Crippen LogP contribution < -0.4 is 0 Å². The molecule has 1 saturated heterocycles. The first-order valence-corrected chi connectivity index (χ1v) is 9.23. The minimum atomic E-state index is -0.220. The number of cyclic esters (lactones) is 1. The number of benzene rings is 3. The molecule has 1 aliphatic heterocycles. The number of carbonyl (C=O) groups excluding carboxylic acids is 1. The highest BCUT2D eigenvalue weighted by Gasteiger charge is 2.21. The summed E-state index contributed by atoms with van der Waals surface area (Å²) < 4.78 is 4.62. The Kier molecular flexibility index (Phi) is 6.78. The monoisotopic (exact) mass is 360 g/mol. The van der Waals surface area contributed by atoms with Gasteiger partial charge in [-0.3, -0.25) is 4.79 Å². The van der Waals surface area contributed by atoms with Gasteiger partial charge in [0.25, 0.3) is 0 Å². The van der Waals surface area contributed by atoms with Crippen LogP contribution in [-0.2, 0) is 9.53 Å². The predicted molar refractivity (Wildman–Crippen MR) is 106 cm³/mol. The molecular formula is C24H24O3. The minimum absolute atomic E-state index is 0.0360. The third kappa shape index (κ3) is 5.28. The van der Waals surface area contributed by atoms with Gasteiger partial charge < -0.3 is 9.84 Å². The van der Waals surface area contributed by atoms with Gasteiger partial charge in [-0.1, -0.05) is 91.0 Å². The second-order valence-corrected chi connectivity index (χ2v) is 6.50. The van der Waals surface area contributed by atoms with Crippen molar-refractivity contribution in [2.75, 3.05) is 6.61 Å². The number of hydrogen-bond donors (Lipinski definition) is 1. The summed E-state index contributed by atoms with van der Waals surface area (Å²) in [4.78, 5) is 10.3. The van der Waals surface area contributed by atoms with Gasteiger partial charge in [-0.05, 0) is 23.1 Å². The third-order valence-corrected chi connectivity index (χ3v) is 4.57. The van der Waals surface area contributed by atoms with Crippen LogP contribution in [0, 0.1) is 0 Å². The van der Waals surface area contributed by atoms with Crippen LogP contribution in [0.25, 0.3) is 0 Å². The van der Waals surface area contributed by atoms with E-state index in [4.69, 9.17) is 5.11 Å². The van der Waals surface area contributed by atoms with Gasteiger partial charge in [-0.2, -0.15) is 0 Å². The number of rotatable bonds is 4. The molecule has 0 aliphatic carbocycles. The van der Waals surface area contributed by atoms with Gasteiger partial charge >= 0.3 is 5.97 Å². The quantitative estimate of drug-likeness (QED) is 0.548. The van der Waals surface area contributed by atoms with Crippen LogP contribution in [0.4, 0.5) is 0 Å². The fraction of sp³-hybridized carbons (Fsp3) is 0.208. The summed E-state index contributed by atoms with van der Waals surface area (Å²) in [6.07, 6.45) is 0.920. The zero-order valence-electron chi connectivity index (χ0n) is 15.2. The number of carbonyl (C=O) groups is 1. The molecule has 1 N–H and O–H groups in total. The second-order valence-electron chi connectivity index (χ2n) is 6.50. The van der Waals surface area contributed by atoms with E-state index in [-0.39, 0.29) is 18.7 Å². The molecule has 0 amide bonds. The van der Waals surface area contributed by atoms with Crippen molar-refractivity contribution in [3.05, 3.63) is 108 Å². The summed E-state index contributed by atoms with van der Waals surface area (Å²) in [5.41, 5.74) is 4.00. The zero-order chi connectivity index (χ0) is 18.9. The predicted octanol–water partition coefficient (Wildman–Crippen LogP) is 4.55. The number of aliphatic hydroxyl groups is 1. The van der Waals surface area contributed by atoms with E-state index in [1.54, 1.807) is 0 Å². The molecule has 0 bridgehead atoms. The number of aliphatic hydroxyl groups excluding tert-OH is 1. The standard InChI is InChI=1S/C19H16.C5H8O3/c1-4-10-16(11-5-1)19(17-12-6-2-7-13-17)18-14-8-3-9-15-18;6-3-4-1-2-5(7)8-4/h1-15,19H;4,6H,1-3H2/t;4-/m.0/s1. The molecule has 1 atom stereocenters. The van der Waals surface area contributed by atoms with Gasteiger partial charge in [0.1, 0.15) is 6.10 Å². The molecule has 138 valence electrons. The Labute approximate surface area is 160 Å². The van der Waals surface area contributed by atoms with Crippen LogP contribution >= 0.6 is 0 Å². The van der Waals surface area contributed by atoms with Crippen LogP contribution in [-0.4, -0.2) is 23.8 Å². The molecule has 3 nitrogen and oxygen atoms in total. The molecule has 27 heavy (non-hydrogen) atoms. The fourth-order valence-corrected chi connectivity index (χ4v) is 3.22. The Morgan fingerprint density at radius 1 is 0.778 bits per heavy atom. The average Bonchev–Trinajstić information content (AvgIpc) is 3.17. The van der Waals surface area contributed by atoms with E-state index in [1.165, 1.54) is 16.7 Å². The molecule has 1 fully saturated rings. The smallest absolute Gasteiger partial charge is 0.306 e. The summed E-state index contributed by atoms with van der Waals surface area (Å²) >= 11 is 0. The number of hydrogen-bond acceptors (Lipinski definition) is 3. The van der Waals surface area contributed by atoms with Crippen molar-refractivity contribution in [1.82, 2.24) is 0 Å². The van der Waals surface area contributed by atoms with Gasteiger partial charge in [-0.15, -0.1) is 0 Å².